The van der Waals surface area contributed by atoms with Gasteiger partial charge in [-0.1, -0.05) is 46.2 Å². The van der Waals surface area contributed by atoms with Crippen molar-refractivity contribution >= 4 is 0 Å². The largest absolute Gasteiger partial charge is 0.493 e. The van der Waals surface area contributed by atoms with Gasteiger partial charge in [0.2, 0.25) is 0 Å². The topological polar surface area (TPSA) is 35.2 Å². The summed E-state index contributed by atoms with van der Waals surface area (Å²) in [5.41, 5.74) is 8.65. The van der Waals surface area contributed by atoms with Crippen LogP contribution in [0.5, 0.6) is 5.75 Å². The lowest BCUT2D eigenvalue weighted by Gasteiger charge is -2.21. The molecule has 2 nitrogen and oxygen atoms in total. The van der Waals surface area contributed by atoms with Crippen LogP contribution in [0.2, 0.25) is 0 Å². The highest BCUT2D eigenvalue weighted by Crippen LogP contribution is 2.28. The van der Waals surface area contributed by atoms with E-state index in [1.807, 2.05) is 6.07 Å². The molecule has 0 aromatic heterocycles. The van der Waals surface area contributed by atoms with Gasteiger partial charge in [-0.2, -0.15) is 0 Å². The van der Waals surface area contributed by atoms with Crippen LogP contribution in [0.15, 0.2) is 18.2 Å². The summed E-state index contributed by atoms with van der Waals surface area (Å²) in [4.78, 5) is 0. The fourth-order valence-corrected chi connectivity index (χ4v) is 2.04. The van der Waals surface area contributed by atoms with Gasteiger partial charge in [-0.05, 0) is 29.9 Å². The van der Waals surface area contributed by atoms with Gasteiger partial charge in [0.15, 0.2) is 0 Å². The fraction of sp³-hybridized carbons (Fsp3) is 0.625. The van der Waals surface area contributed by atoms with Crippen molar-refractivity contribution in [3.63, 3.8) is 0 Å². The summed E-state index contributed by atoms with van der Waals surface area (Å²) in [5.74, 6) is 0.965. The lowest BCUT2D eigenvalue weighted by Crippen LogP contribution is -2.13. The van der Waals surface area contributed by atoms with Gasteiger partial charge in [-0.25, -0.2) is 0 Å². The van der Waals surface area contributed by atoms with E-state index in [0.29, 0.717) is 6.54 Å². The molecule has 0 saturated heterocycles. The van der Waals surface area contributed by atoms with E-state index in [0.717, 1.165) is 31.6 Å². The van der Waals surface area contributed by atoms with Crippen LogP contribution in [-0.2, 0) is 13.0 Å². The number of rotatable bonds is 6. The summed E-state index contributed by atoms with van der Waals surface area (Å²) >= 11 is 0. The summed E-state index contributed by atoms with van der Waals surface area (Å²) in [6.45, 7) is 10.2. The summed E-state index contributed by atoms with van der Waals surface area (Å²) in [6.07, 6.45) is 3.28. The van der Waals surface area contributed by atoms with Crippen molar-refractivity contribution < 1.29 is 4.74 Å². The second-order valence-corrected chi connectivity index (χ2v) is 6.04. The summed E-state index contributed by atoms with van der Waals surface area (Å²) in [7, 11) is 0. The standard InChI is InChI=1S/C16H27NO/c1-5-6-10-18-15-9-7-8-13(14(15)12-17)11-16(2,3)4/h7-9H,5-6,10-12,17H2,1-4H3. The highest BCUT2D eigenvalue weighted by molar-refractivity contribution is 5.40. The van der Waals surface area contributed by atoms with Crippen molar-refractivity contribution in [2.75, 3.05) is 6.61 Å². The zero-order chi connectivity index (χ0) is 13.6. The van der Waals surface area contributed by atoms with Crippen LogP contribution >= 0.6 is 0 Å². The van der Waals surface area contributed by atoms with E-state index in [9.17, 15) is 0 Å². The first-order valence-corrected chi connectivity index (χ1v) is 6.91. The van der Waals surface area contributed by atoms with Gasteiger partial charge < -0.3 is 10.5 Å². The van der Waals surface area contributed by atoms with Crippen LogP contribution in [0.4, 0.5) is 0 Å². The third kappa shape index (κ3) is 4.69. The molecule has 0 spiro atoms. The number of ether oxygens (including phenoxy) is 1. The molecule has 18 heavy (non-hydrogen) atoms. The monoisotopic (exact) mass is 249 g/mol. The predicted octanol–water partition coefficient (Wildman–Crippen LogP) is 3.91. The molecule has 0 aliphatic carbocycles. The van der Waals surface area contributed by atoms with Gasteiger partial charge >= 0.3 is 0 Å². The summed E-state index contributed by atoms with van der Waals surface area (Å²) < 4.78 is 5.84. The molecule has 0 radical (unpaired) electrons. The molecular formula is C16H27NO. The van der Waals surface area contributed by atoms with Crippen molar-refractivity contribution in [3.05, 3.63) is 29.3 Å². The maximum Gasteiger partial charge on any atom is 0.124 e. The molecule has 0 bridgehead atoms. The maximum absolute atomic E-state index is 5.89. The Morgan fingerprint density at radius 2 is 1.94 bits per heavy atom. The SMILES string of the molecule is CCCCOc1cccc(CC(C)(C)C)c1CN. The highest BCUT2D eigenvalue weighted by Gasteiger charge is 2.15. The first-order valence-electron chi connectivity index (χ1n) is 6.91. The number of nitrogens with two attached hydrogens (primary N) is 1. The lowest BCUT2D eigenvalue weighted by molar-refractivity contribution is 0.305. The molecule has 0 heterocycles. The number of hydrogen-bond acceptors (Lipinski definition) is 2. The van der Waals surface area contributed by atoms with Crippen molar-refractivity contribution in [2.45, 2.75) is 53.5 Å². The van der Waals surface area contributed by atoms with E-state index in [2.05, 4.69) is 39.8 Å². The van der Waals surface area contributed by atoms with E-state index in [1.165, 1.54) is 11.1 Å². The minimum absolute atomic E-state index is 0.270. The first-order chi connectivity index (χ1) is 8.48. The molecule has 0 unspecified atom stereocenters. The van der Waals surface area contributed by atoms with Gasteiger partial charge in [0, 0.05) is 12.1 Å². The Kier molecular flexibility index (Phi) is 5.67. The molecule has 0 atom stereocenters. The van der Waals surface area contributed by atoms with Gasteiger partial charge in [-0.15, -0.1) is 0 Å². The van der Waals surface area contributed by atoms with Crippen LogP contribution in [-0.4, -0.2) is 6.61 Å². The average Bonchev–Trinajstić information content (AvgIpc) is 2.27. The van der Waals surface area contributed by atoms with E-state index in [1.54, 1.807) is 0 Å². The van der Waals surface area contributed by atoms with E-state index in [4.69, 9.17) is 10.5 Å². The fourth-order valence-electron chi connectivity index (χ4n) is 2.04. The minimum atomic E-state index is 0.270. The normalized spacial score (nSPS) is 11.6. The Labute approximate surface area is 112 Å². The van der Waals surface area contributed by atoms with Gasteiger partial charge in [0.05, 0.1) is 6.61 Å². The zero-order valence-electron chi connectivity index (χ0n) is 12.3. The van der Waals surface area contributed by atoms with Crippen molar-refractivity contribution in [3.8, 4) is 5.75 Å². The highest BCUT2D eigenvalue weighted by atomic mass is 16.5. The van der Waals surface area contributed by atoms with Crippen LogP contribution in [0, 0.1) is 5.41 Å². The molecule has 0 saturated carbocycles. The first kappa shape index (κ1) is 15.0. The third-order valence-corrected chi connectivity index (χ3v) is 2.91. The Bertz CT molecular complexity index is 366. The molecule has 0 aliphatic heterocycles. The van der Waals surface area contributed by atoms with Crippen molar-refractivity contribution in [1.29, 1.82) is 0 Å². The van der Waals surface area contributed by atoms with Gasteiger partial charge in [0.1, 0.15) is 5.75 Å². The molecule has 1 aromatic rings. The van der Waals surface area contributed by atoms with Gasteiger partial charge in [0.25, 0.3) is 0 Å². The summed E-state index contributed by atoms with van der Waals surface area (Å²) in [5, 5.41) is 0. The second kappa shape index (κ2) is 6.79. The second-order valence-electron chi connectivity index (χ2n) is 6.04. The number of hydrogen-bond donors (Lipinski definition) is 1. The van der Waals surface area contributed by atoms with E-state index in [-0.39, 0.29) is 5.41 Å². The molecular weight excluding hydrogens is 222 g/mol. The molecule has 2 heteroatoms. The third-order valence-electron chi connectivity index (χ3n) is 2.91. The zero-order valence-corrected chi connectivity index (χ0v) is 12.3. The average molecular weight is 249 g/mol. The Hall–Kier alpha value is -1.02. The molecule has 0 amide bonds. The smallest absolute Gasteiger partial charge is 0.124 e. The molecule has 1 rings (SSSR count). The molecule has 102 valence electrons. The summed E-state index contributed by atoms with van der Waals surface area (Å²) in [6, 6.07) is 6.27. The minimum Gasteiger partial charge on any atom is -0.493 e. The molecule has 1 aromatic carbocycles. The molecule has 0 fully saturated rings. The van der Waals surface area contributed by atoms with Crippen molar-refractivity contribution in [2.24, 2.45) is 11.1 Å². The Morgan fingerprint density at radius 1 is 1.22 bits per heavy atom. The van der Waals surface area contributed by atoms with Crippen LogP contribution in [0.3, 0.4) is 0 Å². The van der Waals surface area contributed by atoms with E-state index >= 15 is 0 Å². The van der Waals surface area contributed by atoms with Crippen LogP contribution in [0.1, 0.15) is 51.7 Å². The Morgan fingerprint density at radius 3 is 2.50 bits per heavy atom. The van der Waals surface area contributed by atoms with E-state index < -0.39 is 0 Å². The number of unbranched alkanes of at least 4 members (excludes halogenated alkanes) is 1. The molecule has 0 aliphatic rings. The number of benzene rings is 1. The lowest BCUT2D eigenvalue weighted by atomic mass is 9.86. The Balaban J connectivity index is 2.88. The van der Waals surface area contributed by atoms with Gasteiger partial charge in [-0.3, -0.25) is 0 Å². The molecule has 2 N–H and O–H groups in total. The quantitative estimate of drug-likeness (QED) is 0.776. The van der Waals surface area contributed by atoms with Crippen molar-refractivity contribution in [1.82, 2.24) is 0 Å². The predicted molar refractivity (Wildman–Crippen MR) is 77.9 cm³/mol. The van der Waals surface area contributed by atoms with Crippen LogP contribution < -0.4 is 10.5 Å². The maximum atomic E-state index is 5.89. The van der Waals surface area contributed by atoms with Crippen LogP contribution in [0.25, 0.3) is 0 Å².